The van der Waals surface area contributed by atoms with Gasteiger partial charge >= 0.3 is 0 Å². The number of fused-ring (bicyclic) bond motifs is 1. The van der Waals surface area contributed by atoms with Crippen LogP contribution in [-0.2, 0) is 16.5 Å². The van der Waals surface area contributed by atoms with Crippen LogP contribution in [0.2, 0.25) is 10.0 Å². The summed E-state index contributed by atoms with van der Waals surface area (Å²) >= 11 is 12.1. The minimum Gasteiger partial charge on any atom is -0.505 e. The second-order valence-corrected chi connectivity index (χ2v) is 10.3. The van der Waals surface area contributed by atoms with Gasteiger partial charge in [0.2, 0.25) is 0 Å². The number of rotatable bonds is 7. The molecular weight excluding hydrogens is 553 g/mol. The average molecular weight is 574 g/mol. The third-order valence-corrected chi connectivity index (χ3v) is 7.35. The Morgan fingerprint density at radius 3 is 2.47 bits per heavy atom. The van der Waals surface area contributed by atoms with Crippen LogP contribution in [0.1, 0.15) is 22.8 Å². The van der Waals surface area contributed by atoms with Crippen molar-refractivity contribution < 1.29 is 27.6 Å². The van der Waals surface area contributed by atoms with Crippen molar-refractivity contribution in [1.82, 2.24) is 0 Å². The second kappa shape index (κ2) is 11.0. The molecule has 0 atom stereocenters. The van der Waals surface area contributed by atoms with Crippen LogP contribution >= 0.6 is 23.2 Å². The van der Waals surface area contributed by atoms with Crippen LogP contribution in [0.5, 0.6) is 11.5 Å². The Balaban J connectivity index is 1.82. The van der Waals surface area contributed by atoms with Gasteiger partial charge in [0.05, 0.1) is 29.1 Å². The van der Waals surface area contributed by atoms with Gasteiger partial charge in [-0.3, -0.25) is 9.35 Å². The van der Waals surface area contributed by atoms with Crippen molar-refractivity contribution in [3.63, 3.8) is 0 Å². The second-order valence-electron chi connectivity index (χ2n) is 8.09. The molecule has 1 amide bonds. The number of methoxy groups -OCH3 is 1. The van der Waals surface area contributed by atoms with E-state index >= 15 is 0 Å². The normalized spacial score (nSPS) is 11.7. The van der Waals surface area contributed by atoms with E-state index in [9.17, 15) is 22.9 Å². The Bertz CT molecular complexity index is 1710. The van der Waals surface area contributed by atoms with E-state index in [1.165, 1.54) is 25.3 Å². The Morgan fingerprint density at radius 1 is 1.05 bits per heavy atom. The lowest BCUT2D eigenvalue weighted by molar-refractivity contribution is 0.102. The molecule has 3 N–H and O–H groups in total. The molecule has 0 unspecified atom stereocenters. The number of anilines is 1. The number of carbonyl (C=O) groups excluding carboxylic acids is 1. The number of nitrogens with one attached hydrogen (secondary N) is 1. The molecule has 4 rings (SSSR count). The molecule has 0 aliphatic heterocycles. The van der Waals surface area contributed by atoms with Crippen LogP contribution < -0.4 is 10.1 Å². The fourth-order valence-electron chi connectivity index (χ4n) is 3.80. The largest absolute Gasteiger partial charge is 0.505 e. The molecule has 4 aromatic rings. The zero-order valence-electron chi connectivity index (χ0n) is 20.1. The maximum absolute atomic E-state index is 13.2. The van der Waals surface area contributed by atoms with Gasteiger partial charge in [0.25, 0.3) is 16.0 Å². The lowest BCUT2D eigenvalue weighted by atomic mass is 10.0. The van der Waals surface area contributed by atoms with E-state index in [4.69, 9.17) is 27.9 Å². The van der Waals surface area contributed by atoms with Crippen molar-refractivity contribution in [3.8, 4) is 11.5 Å². The molecule has 0 saturated carbocycles. The van der Waals surface area contributed by atoms with Crippen LogP contribution in [0, 0.1) is 0 Å². The summed E-state index contributed by atoms with van der Waals surface area (Å²) in [5, 5.41) is 23.4. The number of aromatic hydroxyl groups is 1. The van der Waals surface area contributed by atoms with Crippen molar-refractivity contribution in [1.29, 1.82) is 0 Å². The molecule has 38 heavy (non-hydrogen) atoms. The lowest BCUT2D eigenvalue weighted by Crippen LogP contribution is -2.13. The third-order valence-electron chi connectivity index (χ3n) is 5.68. The predicted molar refractivity (Wildman–Crippen MR) is 146 cm³/mol. The Hall–Kier alpha value is -3.70. The van der Waals surface area contributed by atoms with Gasteiger partial charge in [-0.1, -0.05) is 54.4 Å². The molecule has 0 fully saturated rings. The first-order valence-corrected chi connectivity index (χ1v) is 13.3. The molecule has 196 valence electrons. The number of benzene rings is 4. The standard InChI is InChI=1S/C26H21Cl2N3O6S/c1-3-14-10-17(13-22(23(14)28)38(34,35)36)30-31-24-18-7-5-4-6-15(18)11-19(25(24)32)26(33)29-20-9-8-16(27)12-21(20)37-2/h4-13,32H,3H2,1-2H3,(H,29,33)(H,34,35,36). The van der Waals surface area contributed by atoms with Gasteiger partial charge < -0.3 is 15.2 Å². The van der Waals surface area contributed by atoms with E-state index in [-0.39, 0.29) is 22.0 Å². The smallest absolute Gasteiger partial charge is 0.296 e. The first-order chi connectivity index (χ1) is 18.0. The van der Waals surface area contributed by atoms with Gasteiger partial charge in [-0.25, -0.2) is 0 Å². The van der Waals surface area contributed by atoms with Crippen molar-refractivity contribution in [2.75, 3.05) is 12.4 Å². The highest BCUT2D eigenvalue weighted by Gasteiger charge is 2.21. The number of phenolic OH excluding ortho intramolecular Hbond substituents is 1. The Morgan fingerprint density at radius 2 is 1.79 bits per heavy atom. The number of carbonyl (C=O) groups is 1. The zero-order chi connectivity index (χ0) is 27.6. The molecule has 0 bridgehead atoms. The number of ether oxygens (including phenoxy) is 1. The Labute approximate surface area is 228 Å². The van der Waals surface area contributed by atoms with Crippen LogP contribution in [0.25, 0.3) is 10.8 Å². The van der Waals surface area contributed by atoms with E-state index in [1.54, 1.807) is 43.3 Å². The predicted octanol–water partition coefficient (Wildman–Crippen LogP) is 7.34. The van der Waals surface area contributed by atoms with Gasteiger partial charge in [-0.05, 0) is 47.7 Å². The lowest BCUT2D eigenvalue weighted by Gasteiger charge is -2.13. The fourth-order valence-corrected chi connectivity index (χ4v) is 5.12. The highest BCUT2D eigenvalue weighted by Crippen LogP contribution is 2.41. The number of nitrogens with zero attached hydrogens (tertiary/aromatic N) is 2. The van der Waals surface area contributed by atoms with Crippen molar-refractivity contribution in [3.05, 3.63) is 81.8 Å². The first-order valence-electron chi connectivity index (χ1n) is 11.1. The number of hydrogen-bond acceptors (Lipinski definition) is 7. The maximum atomic E-state index is 13.2. The molecule has 9 nitrogen and oxygen atoms in total. The summed E-state index contributed by atoms with van der Waals surface area (Å²) in [6, 6.07) is 15.7. The number of azo groups is 1. The maximum Gasteiger partial charge on any atom is 0.296 e. The quantitative estimate of drug-likeness (QED) is 0.156. The topological polar surface area (TPSA) is 138 Å². The minimum atomic E-state index is -4.63. The number of hydrogen-bond donors (Lipinski definition) is 3. The monoisotopic (exact) mass is 573 g/mol. The molecule has 0 saturated heterocycles. The van der Waals surface area contributed by atoms with Crippen molar-refractivity contribution in [2.24, 2.45) is 10.2 Å². The van der Waals surface area contributed by atoms with E-state index in [2.05, 4.69) is 15.5 Å². The minimum absolute atomic E-state index is 0.0160. The van der Waals surface area contributed by atoms with Crippen molar-refractivity contribution >= 4 is 67.1 Å². The molecule has 0 radical (unpaired) electrons. The summed E-state index contributed by atoms with van der Waals surface area (Å²) < 4.78 is 38.5. The molecule has 0 heterocycles. The van der Waals surface area contributed by atoms with Gasteiger partial charge in [0, 0.05) is 16.5 Å². The molecule has 0 spiro atoms. The van der Waals surface area contributed by atoms with Crippen LogP contribution in [0.3, 0.4) is 0 Å². The SMILES string of the molecule is CCc1cc(N=Nc2c(O)c(C(=O)Nc3ccc(Cl)cc3OC)cc3ccccc23)cc(S(=O)(=O)O)c1Cl. The van der Waals surface area contributed by atoms with Crippen LogP contribution in [0.15, 0.2) is 75.8 Å². The summed E-state index contributed by atoms with van der Waals surface area (Å²) in [7, 11) is -3.19. The van der Waals surface area contributed by atoms with Gasteiger partial charge in [0.1, 0.15) is 16.3 Å². The highest BCUT2D eigenvalue weighted by molar-refractivity contribution is 7.86. The van der Waals surface area contributed by atoms with E-state index in [1.807, 2.05) is 0 Å². The third kappa shape index (κ3) is 5.58. The van der Waals surface area contributed by atoms with E-state index < -0.39 is 26.7 Å². The summed E-state index contributed by atoms with van der Waals surface area (Å²) in [6.45, 7) is 1.76. The van der Waals surface area contributed by atoms with E-state index in [0.717, 1.165) is 6.07 Å². The molecule has 0 aromatic heterocycles. The number of amides is 1. The first kappa shape index (κ1) is 27.3. The van der Waals surface area contributed by atoms with E-state index in [0.29, 0.717) is 39.2 Å². The molecule has 0 aliphatic rings. The number of aryl methyl sites for hydroxylation is 1. The van der Waals surface area contributed by atoms with Gasteiger partial charge in [0.15, 0.2) is 5.75 Å². The molecule has 12 heteroatoms. The molecular formula is C26H21Cl2N3O6S. The van der Waals surface area contributed by atoms with Crippen molar-refractivity contribution in [2.45, 2.75) is 18.2 Å². The summed E-state index contributed by atoms with van der Waals surface area (Å²) in [4.78, 5) is 12.7. The molecule has 0 aliphatic carbocycles. The summed E-state index contributed by atoms with van der Waals surface area (Å²) in [6.07, 6.45) is 0.364. The number of phenols is 1. The number of halogens is 2. The fraction of sp³-hybridized carbons (Fsp3) is 0.115. The Kier molecular flexibility index (Phi) is 7.89. The summed E-state index contributed by atoms with van der Waals surface area (Å²) in [5.74, 6) is -0.758. The van der Waals surface area contributed by atoms with Crippen LogP contribution in [-0.4, -0.2) is 31.1 Å². The van der Waals surface area contributed by atoms with Gasteiger partial charge in [-0.15, -0.1) is 5.11 Å². The zero-order valence-corrected chi connectivity index (χ0v) is 22.4. The summed E-state index contributed by atoms with van der Waals surface area (Å²) in [5.41, 5.74) is 0.734. The van der Waals surface area contributed by atoms with Crippen LogP contribution in [0.4, 0.5) is 17.1 Å². The van der Waals surface area contributed by atoms with Gasteiger partial charge in [-0.2, -0.15) is 13.5 Å². The highest BCUT2D eigenvalue weighted by atomic mass is 35.5. The average Bonchev–Trinajstić information content (AvgIpc) is 2.88. The molecule has 4 aromatic carbocycles.